The lowest BCUT2D eigenvalue weighted by molar-refractivity contribution is 0.101. The van der Waals surface area contributed by atoms with Crippen LogP contribution in [0.25, 0.3) is 0 Å². The minimum absolute atomic E-state index is 0.00650. The van der Waals surface area contributed by atoms with Crippen molar-refractivity contribution in [2.24, 2.45) is 0 Å². The molecule has 2 N–H and O–H groups in total. The van der Waals surface area contributed by atoms with Crippen molar-refractivity contribution in [3.63, 3.8) is 0 Å². The first-order valence-electron chi connectivity index (χ1n) is 7.51. The van der Waals surface area contributed by atoms with Crippen LogP contribution in [0.15, 0.2) is 41.0 Å². The van der Waals surface area contributed by atoms with Gasteiger partial charge in [-0.1, -0.05) is 0 Å². The zero-order chi connectivity index (χ0) is 17.9. The summed E-state index contributed by atoms with van der Waals surface area (Å²) in [5, 5.41) is 2.81. The lowest BCUT2D eigenvalue weighted by atomic mass is 10.2. The number of anilines is 2. The summed E-state index contributed by atoms with van der Waals surface area (Å²) >= 11 is 3.38. The first-order valence-corrected chi connectivity index (χ1v) is 9.95. The Morgan fingerprint density at radius 2 is 1.79 bits per heavy atom. The van der Waals surface area contributed by atoms with Crippen LogP contribution in [-0.4, -0.2) is 24.6 Å². The standard InChI is InChI=1S/C16H20BrN3O3S/c1-4-24(22,23)19-14-7-5-13(6-8-14)18-16(21)15-9-12(17)10-20(15)11(2)3/h5-11,19H,4H2,1-3H3,(H,18,21). The number of hydrogen-bond donors (Lipinski definition) is 2. The lowest BCUT2D eigenvalue weighted by Crippen LogP contribution is -2.18. The summed E-state index contributed by atoms with van der Waals surface area (Å²) in [5.74, 6) is -0.219. The average Bonchev–Trinajstić information content (AvgIpc) is 2.91. The summed E-state index contributed by atoms with van der Waals surface area (Å²) in [4.78, 5) is 12.4. The van der Waals surface area contributed by atoms with Crippen LogP contribution >= 0.6 is 15.9 Å². The maximum atomic E-state index is 12.4. The molecule has 0 saturated heterocycles. The molecule has 2 rings (SSSR count). The molecule has 8 heteroatoms. The van der Waals surface area contributed by atoms with Gasteiger partial charge in [-0.05, 0) is 67.0 Å². The molecular weight excluding hydrogens is 394 g/mol. The predicted molar refractivity (Wildman–Crippen MR) is 100.0 cm³/mol. The zero-order valence-corrected chi connectivity index (χ0v) is 16.1. The van der Waals surface area contributed by atoms with Crippen molar-refractivity contribution in [2.75, 3.05) is 15.8 Å². The van der Waals surface area contributed by atoms with Crippen molar-refractivity contribution >= 4 is 43.2 Å². The molecular formula is C16H20BrN3O3S. The Balaban J connectivity index is 2.13. The van der Waals surface area contributed by atoms with Crippen LogP contribution in [0.3, 0.4) is 0 Å². The van der Waals surface area contributed by atoms with Crippen LogP contribution < -0.4 is 10.0 Å². The van der Waals surface area contributed by atoms with E-state index in [0.717, 1.165) is 4.47 Å². The van der Waals surface area contributed by atoms with Gasteiger partial charge in [0, 0.05) is 28.1 Å². The average molecular weight is 414 g/mol. The number of hydrogen-bond acceptors (Lipinski definition) is 3. The quantitative estimate of drug-likeness (QED) is 0.754. The molecule has 0 saturated carbocycles. The normalized spacial score (nSPS) is 11.5. The third kappa shape index (κ3) is 4.61. The molecule has 0 bridgehead atoms. The number of rotatable bonds is 6. The number of sulfonamides is 1. The fourth-order valence-corrected chi connectivity index (χ4v) is 3.20. The van der Waals surface area contributed by atoms with Gasteiger partial charge in [0.05, 0.1) is 5.75 Å². The van der Waals surface area contributed by atoms with Gasteiger partial charge in [0.15, 0.2) is 0 Å². The van der Waals surface area contributed by atoms with Crippen LogP contribution in [0.2, 0.25) is 0 Å². The molecule has 0 aliphatic rings. The third-order valence-electron chi connectivity index (χ3n) is 3.40. The van der Waals surface area contributed by atoms with Crippen LogP contribution in [-0.2, 0) is 10.0 Å². The molecule has 1 aromatic carbocycles. The van der Waals surface area contributed by atoms with Gasteiger partial charge in [0.25, 0.3) is 5.91 Å². The van der Waals surface area contributed by atoms with Crippen LogP contribution in [0.4, 0.5) is 11.4 Å². The van der Waals surface area contributed by atoms with Crippen LogP contribution in [0.1, 0.15) is 37.3 Å². The van der Waals surface area contributed by atoms with E-state index in [4.69, 9.17) is 0 Å². The predicted octanol–water partition coefficient (Wildman–Crippen LogP) is 3.85. The van der Waals surface area contributed by atoms with Crippen LogP contribution in [0, 0.1) is 0 Å². The molecule has 0 aliphatic carbocycles. The Morgan fingerprint density at radius 3 is 2.33 bits per heavy atom. The minimum atomic E-state index is -3.31. The number of amides is 1. The van der Waals surface area contributed by atoms with Gasteiger partial charge in [-0.2, -0.15) is 0 Å². The second-order valence-electron chi connectivity index (χ2n) is 5.58. The van der Waals surface area contributed by atoms with Crippen molar-refractivity contribution in [1.82, 2.24) is 4.57 Å². The van der Waals surface area contributed by atoms with Crippen molar-refractivity contribution < 1.29 is 13.2 Å². The number of nitrogens with one attached hydrogen (secondary N) is 2. The van der Waals surface area contributed by atoms with Gasteiger partial charge in [-0.15, -0.1) is 0 Å². The Morgan fingerprint density at radius 1 is 1.21 bits per heavy atom. The van der Waals surface area contributed by atoms with Gasteiger partial charge >= 0.3 is 0 Å². The van der Waals surface area contributed by atoms with E-state index in [1.807, 2.05) is 24.6 Å². The molecule has 1 amide bonds. The second-order valence-corrected chi connectivity index (χ2v) is 8.51. The third-order valence-corrected chi connectivity index (χ3v) is 5.14. The number of nitrogens with zero attached hydrogens (tertiary/aromatic N) is 1. The molecule has 0 aliphatic heterocycles. The smallest absolute Gasteiger partial charge is 0.272 e. The summed E-state index contributed by atoms with van der Waals surface area (Å²) in [6.07, 6.45) is 1.86. The summed E-state index contributed by atoms with van der Waals surface area (Å²) in [6, 6.07) is 8.45. The van der Waals surface area contributed by atoms with Gasteiger partial charge in [-0.25, -0.2) is 8.42 Å². The molecule has 0 fully saturated rings. The van der Waals surface area contributed by atoms with E-state index >= 15 is 0 Å². The van der Waals surface area contributed by atoms with Crippen LogP contribution in [0.5, 0.6) is 0 Å². The van der Waals surface area contributed by atoms with E-state index in [9.17, 15) is 13.2 Å². The Bertz CT molecular complexity index is 827. The molecule has 1 aromatic heterocycles. The maximum Gasteiger partial charge on any atom is 0.272 e. The highest BCUT2D eigenvalue weighted by atomic mass is 79.9. The molecule has 2 aromatic rings. The summed E-state index contributed by atoms with van der Waals surface area (Å²) in [7, 11) is -3.31. The second kappa shape index (κ2) is 7.40. The van der Waals surface area contributed by atoms with E-state index < -0.39 is 10.0 Å². The van der Waals surface area contributed by atoms with Crippen molar-refractivity contribution in [2.45, 2.75) is 26.8 Å². The Kier molecular flexibility index (Phi) is 5.71. The SMILES string of the molecule is CCS(=O)(=O)Nc1ccc(NC(=O)c2cc(Br)cn2C(C)C)cc1. The Hall–Kier alpha value is -1.80. The van der Waals surface area contributed by atoms with E-state index in [2.05, 4.69) is 26.0 Å². The molecule has 0 radical (unpaired) electrons. The summed E-state index contributed by atoms with van der Waals surface area (Å²) in [5.41, 5.74) is 1.60. The number of halogens is 1. The van der Waals surface area contributed by atoms with Gasteiger partial charge in [0.1, 0.15) is 5.69 Å². The zero-order valence-electron chi connectivity index (χ0n) is 13.7. The van der Waals surface area contributed by atoms with Crippen molar-refractivity contribution in [3.05, 3.63) is 46.7 Å². The fourth-order valence-electron chi connectivity index (χ4n) is 2.12. The Labute approximate surface area is 150 Å². The summed E-state index contributed by atoms with van der Waals surface area (Å²) in [6.45, 7) is 5.56. The number of aromatic nitrogens is 1. The fraction of sp³-hybridized carbons (Fsp3) is 0.312. The van der Waals surface area contributed by atoms with Crippen molar-refractivity contribution in [1.29, 1.82) is 0 Å². The number of benzene rings is 1. The van der Waals surface area contributed by atoms with E-state index in [1.165, 1.54) is 0 Å². The largest absolute Gasteiger partial charge is 0.340 e. The molecule has 0 spiro atoms. The molecule has 0 atom stereocenters. The molecule has 24 heavy (non-hydrogen) atoms. The topological polar surface area (TPSA) is 80.2 Å². The number of carbonyl (C=O) groups is 1. The lowest BCUT2D eigenvalue weighted by Gasteiger charge is -2.13. The minimum Gasteiger partial charge on any atom is -0.340 e. The molecule has 6 nitrogen and oxygen atoms in total. The first kappa shape index (κ1) is 18.5. The van der Waals surface area contributed by atoms with Crippen molar-refractivity contribution in [3.8, 4) is 0 Å². The molecule has 0 unspecified atom stereocenters. The first-order chi connectivity index (χ1) is 11.2. The van der Waals surface area contributed by atoms with Gasteiger partial charge < -0.3 is 9.88 Å². The van der Waals surface area contributed by atoms with Gasteiger partial charge in [-0.3, -0.25) is 9.52 Å². The highest BCUT2D eigenvalue weighted by Crippen LogP contribution is 2.21. The highest BCUT2D eigenvalue weighted by molar-refractivity contribution is 9.10. The number of carbonyl (C=O) groups excluding carboxylic acids is 1. The van der Waals surface area contributed by atoms with E-state index in [0.29, 0.717) is 17.1 Å². The highest BCUT2D eigenvalue weighted by Gasteiger charge is 2.15. The van der Waals surface area contributed by atoms with E-state index in [1.54, 1.807) is 37.3 Å². The van der Waals surface area contributed by atoms with Gasteiger partial charge in [0.2, 0.25) is 10.0 Å². The maximum absolute atomic E-state index is 12.4. The molecule has 1 heterocycles. The summed E-state index contributed by atoms with van der Waals surface area (Å²) < 4.78 is 28.2. The van der Waals surface area contributed by atoms with E-state index in [-0.39, 0.29) is 17.7 Å². The monoisotopic (exact) mass is 413 g/mol. The molecule has 130 valence electrons.